The Morgan fingerprint density at radius 3 is 3.05 bits per heavy atom. The fraction of sp³-hybridized carbons (Fsp3) is 0.556. The van der Waals surface area contributed by atoms with Gasteiger partial charge in [0.1, 0.15) is 6.23 Å². The minimum atomic E-state index is -0.701. The second-order valence-corrected chi connectivity index (χ2v) is 4.82. The molecular formula is C9H10BrN5O4. The highest BCUT2D eigenvalue weighted by Gasteiger charge is 2.35. The highest BCUT2D eigenvalue weighted by Crippen LogP contribution is 2.29. The van der Waals surface area contributed by atoms with Crippen LogP contribution in [-0.4, -0.2) is 33.4 Å². The molecule has 2 rings (SSSR count). The Hall–Kier alpha value is -1.61. The second kappa shape index (κ2) is 5.57. The predicted octanol–water partition coefficient (Wildman–Crippen LogP) is 0.258. The number of hydrogen-bond acceptors (Lipinski definition) is 5. The topological polar surface area (TPSA) is 133 Å². The standard InChI is InChI=1S/C9H10BrN5O4/c10-4-2-15(9(18)12-8(4)17)7-1-5(13-14-11)6(3-16)19-7/h2,5-7,16H,1,3H2,(H,12,17,18)/t5?,6-,7-/m0/s1. The number of hydrogen-bond donors (Lipinski definition) is 2. The number of nitrogens with zero attached hydrogens (tertiary/aromatic N) is 4. The van der Waals surface area contributed by atoms with Crippen LogP contribution in [0.2, 0.25) is 0 Å². The van der Waals surface area contributed by atoms with Gasteiger partial charge in [-0.25, -0.2) is 4.79 Å². The van der Waals surface area contributed by atoms with E-state index in [9.17, 15) is 9.59 Å². The van der Waals surface area contributed by atoms with E-state index in [0.717, 1.165) is 0 Å². The van der Waals surface area contributed by atoms with E-state index in [1.165, 1.54) is 10.8 Å². The van der Waals surface area contributed by atoms with Crippen LogP contribution in [0.5, 0.6) is 0 Å². The minimum Gasteiger partial charge on any atom is -0.394 e. The fourth-order valence-corrected chi connectivity index (χ4v) is 2.23. The molecule has 0 bridgehead atoms. The molecule has 0 saturated carbocycles. The van der Waals surface area contributed by atoms with E-state index < -0.39 is 29.6 Å². The third-order valence-corrected chi connectivity index (χ3v) is 3.38. The Labute approximate surface area is 114 Å². The molecule has 0 aromatic carbocycles. The van der Waals surface area contributed by atoms with Gasteiger partial charge in [0.05, 0.1) is 23.2 Å². The summed E-state index contributed by atoms with van der Waals surface area (Å²) in [6, 6.07) is -0.558. The van der Waals surface area contributed by atoms with Crippen LogP contribution in [0.1, 0.15) is 12.6 Å². The number of aliphatic hydroxyl groups is 1. The van der Waals surface area contributed by atoms with E-state index >= 15 is 0 Å². The van der Waals surface area contributed by atoms with Gasteiger partial charge >= 0.3 is 5.69 Å². The molecule has 9 nitrogen and oxygen atoms in total. The van der Waals surface area contributed by atoms with Gasteiger partial charge < -0.3 is 9.84 Å². The van der Waals surface area contributed by atoms with Crippen LogP contribution in [0.3, 0.4) is 0 Å². The number of H-pyrrole nitrogens is 1. The summed E-state index contributed by atoms with van der Waals surface area (Å²) in [4.78, 5) is 27.7. The monoisotopic (exact) mass is 331 g/mol. The number of azide groups is 1. The summed E-state index contributed by atoms with van der Waals surface area (Å²) >= 11 is 3.01. The molecule has 1 unspecified atom stereocenters. The zero-order chi connectivity index (χ0) is 14.0. The number of aromatic amines is 1. The molecule has 1 aromatic rings. The van der Waals surface area contributed by atoms with Crippen molar-refractivity contribution in [2.45, 2.75) is 24.8 Å². The maximum absolute atomic E-state index is 11.7. The lowest BCUT2D eigenvalue weighted by molar-refractivity contribution is -0.0271. The lowest BCUT2D eigenvalue weighted by Crippen LogP contribution is -2.32. The molecule has 1 fully saturated rings. The number of rotatable bonds is 3. The van der Waals surface area contributed by atoms with E-state index in [0.29, 0.717) is 0 Å². The second-order valence-electron chi connectivity index (χ2n) is 3.96. The minimum absolute atomic E-state index is 0.184. The van der Waals surface area contributed by atoms with Crippen molar-refractivity contribution in [2.75, 3.05) is 6.61 Å². The van der Waals surface area contributed by atoms with Crippen LogP contribution in [0.15, 0.2) is 25.4 Å². The summed E-state index contributed by atoms with van der Waals surface area (Å²) in [6.45, 7) is -0.320. The van der Waals surface area contributed by atoms with E-state index in [1.54, 1.807) is 0 Å². The number of aromatic nitrogens is 2. The molecule has 2 N–H and O–H groups in total. The number of aliphatic hydroxyl groups excluding tert-OH is 1. The largest absolute Gasteiger partial charge is 0.394 e. The maximum atomic E-state index is 11.7. The van der Waals surface area contributed by atoms with Crippen molar-refractivity contribution in [3.8, 4) is 0 Å². The van der Waals surface area contributed by atoms with Crippen molar-refractivity contribution < 1.29 is 9.84 Å². The Morgan fingerprint density at radius 1 is 1.68 bits per heavy atom. The van der Waals surface area contributed by atoms with Gasteiger partial charge in [0.15, 0.2) is 0 Å². The zero-order valence-electron chi connectivity index (χ0n) is 9.56. The highest BCUT2D eigenvalue weighted by molar-refractivity contribution is 9.10. The Kier molecular flexibility index (Phi) is 4.05. The van der Waals surface area contributed by atoms with Crippen LogP contribution >= 0.6 is 15.9 Å². The van der Waals surface area contributed by atoms with Crippen molar-refractivity contribution >= 4 is 15.9 Å². The molecule has 0 radical (unpaired) electrons. The Bertz CT molecular complexity index is 634. The molecule has 102 valence electrons. The first-order valence-electron chi connectivity index (χ1n) is 5.38. The van der Waals surface area contributed by atoms with Crippen molar-refractivity contribution in [3.05, 3.63) is 42.0 Å². The number of halogens is 1. The first-order valence-corrected chi connectivity index (χ1v) is 6.17. The summed E-state index contributed by atoms with van der Waals surface area (Å²) in [5.74, 6) is 0. The molecule has 1 saturated heterocycles. The van der Waals surface area contributed by atoms with E-state index in [-0.39, 0.29) is 17.5 Å². The molecule has 0 amide bonds. The van der Waals surface area contributed by atoms with Crippen LogP contribution in [0.25, 0.3) is 10.4 Å². The van der Waals surface area contributed by atoms with E-state index in [2.05, 4.69) is 30.9 Å². The highest BCUT2D eigenvalue weighted by atomic mass is 79.9. The van der Waals surface area contributed by atoms with E-state index in [4.69, 9.17) is 15.4 Å². The molecule has 2 heterocycles. The van der Waals surface area contributed by atoms with E-state index in [1.807, 2.05) is 0 Å². The third kappa shape index (κ3) is 2.71. The van der Waals surface area contributed by atoms with Gasteiger partial charge in [-0.3, -0.25) is 14.3 Å². The van der Waals surface area contributed by atoms with Crippen molar-refractivity contribution in [3.63, 3.8) is 0 Å². The normalized spacial score (nSPS) is 26.1. The van der Waals surface area contributed by atoms with Crippen molar-refractivity contribution in [1.82, 2.24) is 9.55 Å². The van der Waals surface area contributed by atoms with Crippen LogP contribution in [0.4, 0.5) is 0 Å². The fourth-order valence-electron chi connectivity index (χ4n) is 1.91. The van der Waals surface area contributed by atoms with Crippen LogP contribution in [0, 0.1) is 0 Å². The number of nitrogens with one attached hydrogen (secondary N) is 1. The molecule has 10 heteroatoms. The van der Waals surface area contributed by atoms with Gasteiger partial charge in [-0.15, -0.1) is 0 Å². The number of ether oxygens (including phenoxy) is 1. The van der Waals surface area contributed by atoms with Crippen molar-refractivity contribution in [2.24, 2.45) is 5.11 Å². The summed E-state index contributed by atoms with van der Waals surface area (Å²) in [5.41, 5.74) is 7.26. The zero-order valence-corrected chi connectivity index (χ0v) is 11.1. The van der Waals surface area contributed by atoms with Gasteiger partial charge in [-0.2, -0.15) is 0 Å². The first-order chi connectivity index (χ1) is 9.06. The van der Waals surface area contributed by atoms with Gasteiger partial charge in [-0.05, 0) is 21.5 Å². The summed E-state index contributed by atoms with van der Waals surface area (Å²) in [7, 11) is 0. The molecular weight excluding hydrogens is 322 g/mol. The van der Waals surface area contributed by atoms with Crippen molar-refractivity contribution in [1.29, 1.82) is 0 Å². The molecule has 19 heavy (non-hydrogen) atoms. The average Bonchev–Trinajstić information content (AvgIpc) is 2.77. The molecule has 3 atom stereocenters. The Balaban J connectivity index is 2.34. The predicted molar refractivity (Wildman–Crippen MR) is 67.6 cm³/mol. The SMILES string of the molecule is [N-]=[N+]=NC1C[C@@H](n2cc(Br)c(=O)[nH]c2=O)O[C@H]1CO. The lowest BCUT2D eigenvalue weighted by Gasteiger charge is -2.14. The molecule has 1 aliphatic heterocycles. The van der Waals surface area contributed by atoms with Crippen LogP contribution < -0.4 is 11.2 Å². The van der Waals surface area contributed by atoms with Gasteiger partial charge in [0.25, 0.3) is 5.56 Å². The molecule has 1 aromatic heterocycles. The van der Waals surface area contributed by atoms with Crippen LogP contribution in [-0.2, 0) is 4.74 Å². The van der Waals surface area contributed by atoms with Gasteiger partial charge in [0, 0.05) is 17.5 Å². The summed E-state index contributed by atoms with van der Waals surface area (Å²) in [5, 5.41) is 12.7. The smallest absolute Gasteiger partial charge is 0.330 e. The van der Waals surface area contributed by atoms with Gasteiger partial charge in [0.2, 0.25) is 0 Å². The molecule has 0 spiro atoms. The average molecular weight is 332 g/mol. The Morgan fingerprint density at radius 2 is 2.42 bits per heavy atom. The summed E-state index contributed by atoms with van der Waals surface area (Å²) in [6.07, 6.45) is 0.179. The first kappa shape index (κ1) is 13.8. The third-order valence-electron chi connectivity index (χ3n) is 2.82. The van der Waals surface area contributed by atoms with Gasteiger partial charge in [-0.1, -0.05) is 5.11 Å². The molecule has 0 aliphatic carbocycles. The maximum Gasteiger partial charge on any atom is 0.330 e. The lowest BCUT2D eigenvalue weighted by atomic mass is 10.1. The quantitative estimate of drug-likeness (QED) is 0.466. The molecule has 1 aliphatic rings. The summed E-state index contributed by atoms with van der Waals surface area (Å²) < 4.78 is 6.81.